The molecule has 2 aromatic rings. The summed E-state index contributed by atoms with van der Waals surface area (Å²) in [6.45, 7) is 1.36. The van der Waals surface area contributed by atoms with Gasteiger partial charge in [-0.15, -0.1) is 0 Å². The molecule has 0 aliphatic rings. The summed E-state index contributed by atoms with van der Waals surface area (Å²) in [6.07, 6.45) is 0. The van der Waals surface area contributed by atoms with Crippen LogP contribution in [0.15, 0.2) is 59.5 Å². The molecule has 5 heteroatoms. The number of hydrogen-bond acceptors (Lipinski definition) is 4. The molecular weight excluding hydrogens is 264 g/mol. The summed E-state index contributed by atoms with van der Waals surface area (Å²) >= 11 is 0. The van der Waals surface area contributed by atoms with E-state index in [1.807, 2.05) is 0 Å². The van der Waals surface area contributed by atoms with E-state index in [1.165, 1.54) is 31.2 Å². The topological polar surface area (TPSA) is 60.4 Å². The molecule has 0 unspecified atom stereocenters. The van der Waals surface area contributed by atoms with E-state index in [0.29, 0.717) is 0 Å². The van der Waals surface area contributed by atoms with Crippen LogP contribution in [-0.2, 0) is 10.1 Å². The minimum Gasteiger partial charge on any atom is -0.378 e. The zero-order valence-corrected chi connectivity index (χ0v) is 11.1. The highest BCUT2D eigenvalue weighted by Crippen LogP contribution is 2.23. The maximum atomic E-state index is 12.0. The van der Waals surface area contributed by atoms with E-state index < -0.39 is 10.1 Å². The Bertz CT molecular complexity index is 690. The normalized spacial score (nSPS) is 11.0. The van der Waals surface area contributed by atoms with Crippen LogP contribution in [0.2, 0.25) is 0 Å². The maximum absolute atomic E-state index is 12.0. The largest absolute Gasteiger partial charge is 0.378 e. The van der Waals surface area contributed by atoms with Gasteiger partial charge in [0.1, 0.15) is 4.90 Å². The third-order valence-corrected chi connectivity index (χ3v) is 3.75. The fourth-order valence-corrected chi connectivity index (χ4v) is 2.55. The Morgan fingerprint density at radius 1 is 0.947 bits per heavy atom. The van der Waals surface area contributed by atoms with Gasteiger partial charge in [0.2, 0.25) is 0 Å². The van der Waals surface area contributed by atoms with E-state index in [4.69, 9.17) is 4.18 Å². The van der Waals surface area contributed by atoms with E-state index in [-0.39, 0.29) is 22.0 Å². The van der Waals surface area contributed by atoms with Gasteiger partial charge in [0.25, 0.3) is 0 Å². The summed E-state index contributed by atoms with van der Waals surface area (Å²) < 4.78 is 29.1. The molecule has 2 rings (SSSR count). The van der Waals surface area contributed by atoms with Crippen molar-refractivity contribution in [1.82, 2.24) is 0 Å². The molecular formula is C14H12O4S. The summed E-state index contributed by atoms with van der Waals surface area (Å²) in [7, 11) is -3.92. The Kier molecular flexibility index (Phi) is 3.66. The van der Waals surface area contributed by atoms with Crippen LogP contribution in [0.25, 0.3) is 0 Å². The van der Waals surface area contributed by atoms with E-state index in [1.54, 1.807) is 30.3 Å². The zero-order chi connectivity index (χ0) is 13.9. The van der Waals surface area contributed by atoms with Gasteiger partial charge in [-0.2, -0.15) is 8.42 Å². The van der Waals surface area contributed by atoms with Crippen LogP contribution in [-0.4, -0.2) is 14.2 Å². The molecule has 0 N–H and O–H groups in total. The number of carbonyl (C=O) groups excluding carboxylic acids is 1. The molecule has 19 heavy (non-hydrogen) atoms. The molecule has 0 aromatic heterocycles. The Morgan fingerprint density at radius 3 is 2.16 bits per heavy atom. The number of para-hydroxylation sites is 1. The second kappa shape index (κ2) is 5.24. The minimum absolute atomic E-state index is 0.0406. The van der Waals surface area contributed by atoms with Crippen LogP contribution >= 0.6 is 0 Å². The first-order valence-corrected chi connectivity index (χ1v) is 7.01. The van der Waals surface area contributed by atoms with Crippen molar-refractivity contribution in [3.63, 3.8) is 0 Å². The lowest BCUT2D eigenvalue weighted by molar-refractivity contribution is 0.101. The smallest absolute Gasteiger partial charge is 0.339 e. The lowest BCUT2D eigenvalue weighted by atomic mass is 10.1. The number of carbonyl (C=O) groups is 1. The summed E-state index contributed by atoms with van der Waals surface area (Å²) in [5.41, 5.74) is 0.238. The second-order valence-corrected chi connectivity index (χ2v) is 5.45. The molecule has 0 spiro atoms. The maximum Gasteiger partial charge on any atom is 0.339 e. The Hall–Kier alpha value is -2.14. The van der Waals surface area contributed by atoms with Crippen LogP contribution in [0.1, 0.15) is 17.3 Å². The van der Waals surface area contributed by atoms with Gasteiger partial charge in [-0.25, -0.2) is 0 Å². The third-order valence-electron chi connectivity index (χ3n) is 2.50. The molecule has 0 saturated carbocycles. The van der Waals surface area contributed by atoms with Gasteiger partial charge in [0.05, 0.1) is 5.56 Å². The van der Waals surface area contributed by atoms with Crippen molar-refractivity contribution in [2.24, 2.45) is 0 Å². The molecule has 0 atom stereocenters. The third kappa shape index (κ3) is 3.00. The predicted molar refractivity (Wildman–Crippen MR) is 70.7 cm³/mol. The van der Waals surface area contributed by atoms with Gasteiger partial charge in [-0.1, -0.05) is 30.3 Å². The molecule has 0 aliphatic carbocycles. The SMILES string of the molecule is CC(=O)c1ccccc1OS(=O)(=O)c1ccccc1. The van der Waals surface area contributed by atoms with Crippen LogP contribution in [0.4, 0.5) is 0 Å². The van der Waals surface area contributed by atoms with Crippen molar-refractivity contribution < 1.29 is 17.4 Å². The molecule has 98 valence electrons. The van der Waals surface area contributed by atoms with Crippen molar-refractivity contribution in [1.29, 1.82) is 0 Å². The molecule has 4 nitrogen and oxygen atoms in total. The molecule has 0 bridgehead atoms. The van der Waals surface area contributed by atoms with Crippen molar-refractivity contribution in [2.45, 2.75) is 11.8 Å². The summed E-state index contributed by atoms with van der Waals surface area (Å²) in [5, 5.41) is 0. The molecule has 0 fully saturated rings. The number of benzene rings is 2. The molecule has 0 heterocycles. The lowest BCUT2D eigenvalue weighted by Crippen LogP contribution is -2.11. The van der Waals surface area contributed by atoms with Gasteiger partial charge in [-0.3, -0.25) is 4.79 Å². The highest BCUT2D eigenvalue weighted by molar-refractivity contribution is 7.87. The van der Waals surface area contributed by atoms with Gasteiger partial charge >= 0.3 is 10.1 Å². The Balaban J connectivity index is 2.39. The summed E-state index contributed by atoms with van der Waals surface area (Å²) in [4.78, 5) is 11.5. The molecule has 2 aromatic carbocycles. The first kappa shape index (κ1) is 13.3. The monoisotopic (exact) mass is 276 g/mol. The van der Waals surface area contributed by atoms with E-state index in [2.05, 4.69) is 0 Å². The first-order valence-electron chi connectivity index (χ1n) is 5.60. The second-order valence-electron chi connectivity index (χ2n) is 3.90. The molecule has 0 radical (unpaired) electrons. The van der Waals surface area contributed by atoms with Crippen molar-refractivity contribution >= 4 is 15.9 Å². The minimum atomic E-state index is -3.92. The van der Waals surface area contributed by atoms with Crippen molar-refractivity contribution in [3.05, 3.63) is 60.2 Å². The zero-order valence-electron chi connectivity index (χ0n) is 10.2. The van der Waals surface area contributed by atoms with Crippen LogP contribution < -0.4 is 4.18 Å². The van der Waals surface area contributed by atoms with Crippen LogP contribution in [0.5, 0.6) is 5.75 Å². The fourth-order valence-electron chi connectivity index (χ4n) is 1.58. The van der Waals surface area contributed by atoms with Gasteiger partial charge in [0, 0.05) is 0 Å². The lowest BCUT2D eigenvalue weighted by Gasteiger charge is -2.09. The quantitative estimate of drug-likeness (QED) is 0.636. The first-order chi connectivity index (χ1) is 9.00. The Morgan fingerprint density at radius 2 is 1.53 bits per heavy atom. The van der Waals surface area contributed by atoms with E-state index in [0.717, 1.165) is 0 Å². The molecule has 0 saturated heterocycles. The van der Waals surface area contributed by atoms with Crippen molar-refractivity contribution in [2.75, 3.05) is 0 Å². The van der Waals surface area contributed by atoms with Crippen LogP contribution in [0, 0.1) is 0 Å². The predicted octanol–water partition coefficient (Wildman–Crippen LogP) is 2.66. The average Bonchev–Trinajstić information content (AvgIpc) is 2.39. The fraction of sp³-hybridized carbons (Fsp3) is 0.0714. The van der Waals surface area contributed by atoms with Crippen LogP contribution in [0.3, 0.4) is 0 Å². The van der Waals surface area contributed by atoms with Gasteiger partial charge < -0.3 is 4.18 Å². The summed E-state index contributed by atoms with van der Waals surface area (Å²) in [5.74, 6) is -0.210. The van der Waals surface area contributed by atoms with Gasteiger partial charge in [0.15, 0.2) is 11.5 Å². The number of ketones is 1. The average molecular weight is 276 g/mol. The van der Waals surface area contributed by atoms with E-state index in [9.17, 15) is 13.2 Å². The highest BCUT2D eigenvalue weighted by atomic mass is 32.2. The van der Waals surface area contributed by atoms with Gasteiger partial charge in [-0.05, 0) is 31.2 Å². The Labute approximate surface area is 111 Å². The number of Topliss-reactive ketones (excluding diaryl/α,β-unsaturated/α-hetero) is 1. The van der Waals surface area contributed by atoms with Crippen molar-refractivity contribution in [3.8, 4) is 5.75 Å². The number of hydrogen-bond donors (Lipinski definition) is 0. The summed E-state index contributed by atoms with van der Waals surface area (Å²) in [6, 6.07) is 14.0. The van der Waals surface area contributed by atoms with E-state index >= 15 is 0 Å². The highest BCUT2D eigenvalue weighted by Gasteiger charge is 2.18. The molecule has 0 amide bonds. The molecule has 0 aliphatic heterocycles. The standard InChI is InChI=1S/C14H12O4S/c1-11(15)13-9-5-6-10-14(13)18-19(16,17)12-7-3-2-4-8-12/h2-10H,1H3. The number of rotatable bonds is 4.